The maximum Gasteiger partial charge on any atom is 0.214 e. The van der Waals surface area contributed by atoms with Crippen LogP contribution in [0.4, 0.5) is 5.69 Å². The zero-order chi connectivity index (χ0) is 10.5. The molecule has 0 bridgehead atoms. The Balaban J connectivity index is 2.12. The molecule has 0 aliphatic carbocycles. The zero-order valence-electron chi connectivity index (χ0n) is 8.65. The summed E-state index contributed by atoms with van der Waals surface area (Å²) in [7, 11) is 0. The Bertz CT molecular complexity index is 307. The molecule has 1 N–H and O–H groups in total. The summed E-state index contributed by atoms with van der Waals surface area (Å²) in [4.78, 5) is 12.9. The van der Waals surface area contributed by atoms with Crippen molar-refractivity contribution >= 4 is 12.1 Å². The largest absolute Gasteiger partial charge is 0.315 e. The third-order valence-electron chi connectivity index (χ3n) is 2.78. The van der Waals surface area contributed by atoms with Crippen molar-refractivity contribution in [1.29, 1.82) is 0 Å². The Morgan fingerprint density at radius 3 is 2.87 bits per heavy atom. The minimum Gasteiger partial charge on any atom is -0.315 e. The fourth-order valence-corrected chi connectivity index (χ4v) is 1.98. The van der Waals surface area contributed by atoms with Gasteiger partial charge < -0.3 is 10.2 Å². The summed E-state index contributed by atoms with van der Waals surface area (Å²) < 4.78 is 0. The quantitative estimate of drug-likeness (QED) is 0.749. The number of piperidine rings is 1. The van der Waals surface area contributed by atoms with Crippen molar-refractivity contribution in [1.82, 2.24) is 5.32 Å². The molecule has 1 atom stereocenters. The number of hydrogen-bond acceptors (Lipinski definition) is 2. The highest BCUT2D eigenvalue weighted by molar-refractivity contribution is 5.75. The Morgan fingerprint density at radius 1 is 1.47 bits per heavy atom. The van der Waals surface area contributed by atoms with Gasteiger partial charge in [-0.15, -0.1) is 0 Å². The Labute approximate surface area is 90.1 Å². The first-order valence-corrected chi connectivity index (χ1v) is 5.32. The van der Waals surface area contributed by atoms with Gasteiger partial charge in [-0.05, 0) is 37.6 Å². The van der Waals surface area contributed by atoms with Gasteiger partial charge in [0.2, 0.25) is 6.41 Å². The smallest absolute Gasteiger partial charge is 0.214 e. The molecule has 1 aliphatic rings. The molecule has 0 saturated carbocycles. The molecule has 1 heterocycles. The van der Waals surface area contributed by atoms with E-state index in [0.717, 1.165) is 38.0 Å². The van der Waals surface area contributed by atoms with E-state index >= 15 is 0 Å². The van der Waals surface area contributed by atoms with Crippen LogP contribution < -0.4 is 10.2 Å². The topological polar surface area (TPSA) is 32.3 Å². The fraction of sp³-hybridized carbons (Fsp3) is 0.417. The van der Waals surface area contributed by atoms with Crippen LogP contribution in [0, 0.1) is 6.07 Å². The van der Waals surface area contributed by atoms with Gasteiger partial charge in [-0.2, -0.15) is 0 Å². The zero-order valence-corrected chi connectivity index (χ0v) is 8.65. The van der Waals surface area contributed by atoms with Gasteiger partial charge in [-0.25, -0.2) is 0 Å². The lowest BCUT2D eigenvalue weighted by Crippen LogP contribution is -2.45. The molecule has 1 unspecified atom stereocenters. The lowest BCUT2D eigenvalue weighted by atomic mass is 10.1. The van der Waals surface area contributed by atoms with E-state index in [0.29, 0.717) is 6.04 Å². The van der Waals surface area contributed by atoms with Crippen molar-refractivity contribution in [2.75, 3.05) is 18.0 Å². The van der Waals surface area contributed by atoms with E-state index in [-0.39, 0.29) is 0 Å². The number of hydrogen-bond donors (Lipinski definition) is 1. The SMILES string of the molecule is O=CN(c1cc[c]cc1)C1CCCNC1. The first-order chi connectivity index (χ1) is 7.42. The first-order valence-electron chi connectivity index (χ1n) is 5.32. The molecule has 1 amide bonds. The van der Waals surface area contributed by atoms with Crippen molar-refractivity contribution < 1.29 is 4.79 Å². The average molecular weight is 203 g/mol. The minimum absolute atomic E-state index is 0.290. The van der Waals surface area contributed by atoms with Gasteiger partial charge in [0.05, 0.1) is 0 Å². The van der Waals surface area contributed by atoms with Crippen LogP contribution in [-0.2, 0) is 4.79 Å². The number of amides is 1. The number of rotatable bonds is 3. The molecular formula is C12H15N2O. The molecule has 1 aromatic rings. The van der Waals surface area contributed by atoms with E-state index in [1.54, 1.807) is 4.90 Å². The Hall–Kier alpha value is -1.35. The van der Waals surface area contributed by atoms with Crippen LogP contribution in [0.5, 0.6) is 0 Å². The second-order valence-electron chi connectivity index (χ2n) is 3.77. The summed E-state index contributed by atoms with van der Waals surface area (Å²) in [5.41, 5.74) is 0.956. The number of anilines is 1. The Kier molecular flexibility index (Phi) is 3.35. The van der Waals surface area contributed by atoms with Crippen molar-refractivity contribution in [3.8, 4) is 0 Å². The van der Waals surface area contributed by atoms with Crippen molar-refractivity contribution in [3.63, 3.8) is 0 Å². The van der Waals surface area contributed by atoms with Crippen molar-refractivity contribution in [3.05, 3.63) is 30.3 Å². The van der Waals surface area contributed by atoms with Gasteiger partial charge in [0.15, 0.2) is 0 Å². The molecule has 1 fully saturated rings. The molecule has 0 spiro atoms. The molecule has 0 aromatic heterocycles. The molecule has 1 radical (unpaired) electrons. The van der Waals surface area contributed by atoms with E-state index in [2.05, 4.69) is 11.4 Å². The van der Waals surface area contributed by atoms with Gasteiger partial charge in [0.1, 0.15) is 0 Å². The van der Waals surface area contributed by atoms with Crippen LogP contribution in [0.15, 0.2) is 24.3 Å². The maximum atomic E-state index is 11.1. The highest BCUT2D eigenvalue weighted by Crippen LogP contribution is 2.18. The van der Waals surface area contributed by atoms with Crippen LogP contribution in [0.2, 0.25) is 0 Å². The second kappa shape index (κ2) is 4.94. The van der Waals surface area contributed by atoms with Gasteiger partial charge in [-0.1, -0.05) is 12.1 Å². The molecule has 2 rings (SSSR count). The summed E-state index contributed by atoms with van der Waals surface area (Å²) in [6, 6.07) is 10.8. The lowest BCUT2D eigenvalue weighted by Gasteiger charge is -2.31. The van der Waals surface area contributed by atoms with Crippen molar-refractivity contribution in [2.24, 2.45) is 0 Å². The van der Waals surface area contributed by atoms with Crippen LogP contribution >= 0.6 is 0 Å². The van der Waals surface area contributed by atoms with Gasteiger partial charge in [0.25, 0.3) is 0 Å². The van der Waals surface area contributed by atoms with Gasteiger partial charge >= 0.3 is 0 Å². The predicted octanol–water partition coefficient (Wildman–Crippen LogP) is 1.20. The van der Waals surface area contributed by atoms with E-state index in [1.165, 1.54) is 0 Å². The molecule has 1 aromatic carbocycles. The average Bonchev–Trinajstić information content (AvgIpc) is 2.33. The predicted molar refractivity (Wildman–Crippen MR) is 59.7 cm³/mol. The van der Waals surface area contributed by atoms with Gasteiger partial charge in [-0.3, -0.25) is 4.79 Å². The maximum absolute atomic E-state index is 11.1. The van der Waals surface area contributed by atoms with Crippen molar-refractivity contribution in [2.45, 2.75) is 18.9 Å². The summed E-state index contributed by atoms with van der Waals surface area (Å²) in [5, 5.41) is 3.31. The summed E-state index contributed by atoms with van der Waals surface area (Å²) in [5.74, 6) is 0. The van der Waals surface area contributed by atoms with Crippen LogP contribution in [0.25, 0.3) is 0 Å². The summed E-state index contributed by atoms with van der Waals surface area (Å²) >= 11 is 0. The molecule has 79 valence electrons. The highest BCUT2D eigenvalue weighted by atomic mass is 16.1. The number of nitrogens with one attached hydrogen (secondary N) is 1. The number of carbonyl (C=O) groups excluding carboxylic acids is 1. The number of benzene rings is 1. The molecule has 3 heteroatoms. The van der Waals surface area contributed by atoms with Crippen LogP contribution in [-0.4, -0.2) is 25.5 Å². The highest BCUT2D eigenvalue weighted by Gasteiger charge is 2.20. The minimum atomic E-state index is 0.290. The third kappa shape index (κ3) is 2.36. The van der Waals surface area contributed by atoms with Crippen LogP contribution in [0.3, 0.4) is 0 Å². The standard InChI is InChI=1S/C12H15N2O/c15-10-14(11-5-2-1-3-6-11)12-7-4-8-13-9-12/h2-3,5-6,10,12-13H,4,7-9H2. The molecule has 1 saturated heterocycles. The van der Waals surface area contributed by atoms with E-state index in [1.807, 2.05) is 24.3 Å². The second-order valence-corrected chi connectivity index (χ2v) is 3.77. The molecule has 3 nitrogen and oxygen atoms in total. The number of nitrogens with zero attached hydrogens (tertiary/aromatic N) is 1. The number of carbonyl (C=O) groups is 1. The first kappa shape index (κ1) is 10.2. The van der Waals surface area contributed by atoms with E-state index in [4.69, 9.17) is 0 Å². The fourth-order valence-electron chi connectivity index (χ4n) is 1.98. The van der Waals surface area contributed by atoms with E-state index in [9.17, 15) is 4.79 Å². The third-order valence-corrected chi connectivity index (χ3v) is 2.78. The summed E-state index contributed by atoms with van der Waals surface area (Å²) in [6.07, 6.45) is 3.13. The molecule has 15 heavy (non-hydrogen) atoms. The van der Waals surface area contributed by atoms with E-state index < -0.39 is 0 Å². The lowest BCUT2D eigenvalue weighted by molar-refractivity contribution is -0.108. The molecular weight excluding hydrogens is 188 g/mol. The monoisotopic (exact) mass is 203 g/mol. The van der Waals surface area contributed by atoms with Gasteiger partial charge in [0, 0.05) is 18.3 Å². The van der Waals surface area contributed by atoms with Crippen LogP contribution in [0.1, 0.15) is 12.8 Å². The summed E-state index contributed by atoms with van der Waals surface area (Å²) in [6.45, 7) is 1.95. The normalized spacial score (nSPS) is 20.9. The molecule has 1 aliphatic heterocycles. The Morgan fingerprint density at radius 2 is 2.27 bits per heavy atom.